The van der Waals surface area contributed by atoms with E-state index < -0.39 is 10.0 Å². The van der Waals surface area contributed by atoms with Gasteiger partial charge >= 0.3 is 0 Å². The molecule has 1 aliphatic rings. The van der Waals surface area contributed by atoms with Crippen molar-refractivity contribution in [2.24, 2.45) is 0 Å². The summed E-state index contributed by atoms with van der Waals surface area (Å²) in [5.41, 5.74) is 2.01. The van der Waals surface area contributed by atoms with Crippen molar-refractivity contribution >= 4 is 21.6 Å². The topological polar surface area (TPSA) is 84.5 Å². The average Bonchev–Trinajstić information content (AvgIpc) is 2.90. The van der Waals surface area contributed by atoms with E-state index in [2.05, 4.69) is 17.0 Å². The highest BCUT2D eigenvalue weighted by Gasteiger charge is 2.31. The molecule has 0 saturated heterocycles. The van der Waals surface area contributed by atoms with Crippen molar-refractivity contribution in [3.63, 3.8) is 0 Å². The molecule has 7 heteroatoms. The second kappa shape index (κ2) is 6.50. The molecule has 1 amide bonds. The first-order valence-corrected chi connectivity index (χ1v) is 9.46. The lowest BCUT2D eigenvalue weighted by atomic mass is 9.97. The number of carbonyl (C=O) groups excluding carboxylic acids is 1. The Hall–Kier alpha value is -2.38. The summed E-state index contributed by atoms with van der Waals surface area (Å²) in [4.78, 5) is 12.7. The van der Waals surface area contributed by atoms with Gasteiger partial charge in [0.1, 0.15) is 11.9 Å². The molecule has 0 spiro atoms. The number of hydrogen-bond donors (Lipinski definition) is 2. The van der Waals surface area contributed by atoms with Gasteiger partial charge in [0.25, 0.3) is 5.91 Å². The van der Waals surface area contributed by atoms with Gasteiger partial charge in [-0.1, -0.05) is 19.1 Å². The lowest BCUT2D eigenvalue weighted by Gasteiger charge is -2.10. The Morgan fingerprint density at radius 1 is 1.08 bits per heavy atom. The smallest absolute Gasteiger partial charge is 0.259 e. The summed E-state index contributed by atoms with van der Waals surface area (Å²) in [6, 6.07) is 11.5. The third-order valence-corrected chi connectivity index (χ3v) is 5.91. The fourth-order valence-corrected chi connectivity index (χ4v) is 3.53. The molecule has 2 aromatic rings. The fraction of sp³-hybridized carbons (Fsp3) is 0.278. The Bertz CT molecular complexity index is 907. The number of ether oxygens (including phenoxy) is 1. The third-order valence-electron chi connectivity index (χ3n) is 4.48. The Balaban J connectivity index is 1.83. The SMILES string of the molecule is CNS(=O)(=O)c1ccc(NC(=O)c2cccc3c2OC(C)C3C)cc1. The molecule has 2 N–H and O–H groups in total. The number of carbonyl (C=O) groups is 1. The lowest BCUT2D eigenvalue weighted by Crippen LogP contribution is -2.18. The molecule has 0 radical (unpaired) electrons. The Morgan fingerprint density at radius 2 is 1.76 bits per heavy atom. The van der Waals surface area contributed by atoms with Crippen LogP contribution in [0.1, 0.15) is 35.7 Å². The second-order valence-electron chi connectivity index (χ2n) is 6.02. The summed E-state index contributed by atoms with van der Waals surface area (Å²) in [5.74, 6) is 0.561. The largest absolute Gasteiger partial charge is 0.489 e. The Morgan fingerprint density at radius 3 is 2.40 bits per heavy atom. The number of anilines is 1. The van der Waals surface area contributed by atoms with Crippen LogP contribution in [0.4, 0.5) is 5.69 Å². The highest BCUT2D eigenvalue weighted by atomic mass is 32.2. The van der Waals surface area contributed by atoms with Gasteiger partial charge in [-0.3, -0.25) is 4.79 Å². The van der Waals surface area contributed by atoms with Gasteiger partial charge in [0.05, 0.1) is 10.5 Å². The number of fused-ring (bicyclic) bond motifs is 1. The van der Waals surface area contributed by atoms with Gasteiger partial charge in [0, 0.05) is 17.2 Å². The number of hydrogen-bond acceptors (Lipinski definition) is 4. The van der Waals surface area contributed by atoms with Crippen LogP contribution in [0.5, 0.6) is 5.75 Å². The normalized spacial score (nSPS) is 19.2. The Labute approximate surface area is 147 Å². The molecule has 0 aromatic heterocycles. The molecule has 2 aromatic carbocycles. The van der Waals surface area contributed by atoms with E-state index in [0.717, 1.165) is 5.56 Å². The molecule has 0 bridgehead atoms. The Kier molecular flexibility index (Phi) is 4.53. The molecular weight excluding hydrogens is 340 g/mol. The van der Waals surface area contributed by atoms with Crippen molar-refractivity contribution in [1.29, 1.82) is 0 Å². The van der Waals surface area contributed by atoms with Crippen molar-refractivity contribution in [1.82, 2.24) is 4.72 Å². The maximum atomic E-state index is 12.6. The summed E-state index contributed by atoms with van der Waals surface area (Å²) >= 11 is 0. The zero-order chi connectivity index (χ0) is 18.2. The zero-order valence-corrected chi connectivity index (χ0v) is 15.1. The highest BCUT2D eigenvalue weighted by Crippen LogP contribution is 2.40. The van der Waals surface area contributed by atoms with Gasteiger partial charge < -0.3 is 10.1 Å². The second-order valence-corrected chi connectivity index (χ2v) is 7.91. The van der Waals surface area contributed by atoms with Crippen molar-refractivity contribution in [2.75, 3.05) is 12.4 Å². The van der Waals surface area contributed by atoms with Crippen LogP contribution in [-0.4, -0.2) is 27.5 Å². The summed E-state index contributed by atoms with van der Waals surface area (Å²) in [6.07, 6.45) is 0.0231. The van der Waals surface area contributed by atoms with Crippen LogP contribution in [0.2, 0.25) is 0 Å². The maximum absolute atomic E-state index is 12.6. The van der Waals surface area contributed by atoms with Crippen LogP contribution in [0.3, 0.4) is 0 Å². The standard InChI is InChI=1S/C18H20N2O4S/c1-11-12(2)24-17-15(11)5-4-6-16(17)18(21)20-13-7-9-14(10-8-13)25(22,23)19-3/h4-12,19H,1-3H3,(H,20,21). The summed E-state index contributed by atoms with van der Waals surface area (Å²) < 4.78 is 31.5. The molecule has 132 valence electrons. The summed E-state index contributed by atoms with van der Waals surface area (Å²) in [5, 5.41) is 2.78. The minimum atomic E-state index is -3.50. The average molecular weight is 360 g/mol. The van der Waals surface area contributed by atoms with E-state index in [9.17, 15) is 13.2 Å². The van der Waals surface area contributed by atoms with Crippen molar-refractivity contribution in [3.05, 3.63) is 53.6 Å². The van der Waals surface area contributed by atoms with Crippen LogP contribution >= 0.6 is 0 Å². The summed E-state index contributed by atoms with van der Waals surface area (Å²) in [6.45, 7) is 4.05. The van der Waals surface area contributed by atoms with Gasteiger partial charge in [-0.25, -0.2) is 13.1 Å². The number of amides is 1. The third kappa shape index (κ3) is 3.25. The van der Waals surface area contributed by atoms with Gasteiger partial charge in [-0.2, -0.15) is 0 Å². The number of sulfonamides is 1. The lowest BCUT2D eigenvalue weighted by molar-refractivity contribution is 0.102. The molecule has 0 aliphatic carbocycles. The van der Waals surface area contributed by atoms with Crippen LogP contribution in [0.25, 0.3) is 0 Å². The minimum Gasteiger partial charge on any atom is -0.489 e. The van der Waals surface area contributed by atoms with Gasteiger partial charge in [-0.15, -0.1) is 0 Å². The van der Waals surface area contributed by atoms with Crippen LogP contribution in [-0.2, 0) is 10.0 Å². The number of rotatable bonds is 4. The van der Waals surface area contributed by atoms with Crippen LogP contribution in [0.15, 0.2) is 47.4 Å². The van der Waals surface area contributed by atoms with E-state index in [1.54, 1.807) is 18.2 Å². The first-order valence-electron chi connectivity index (χ1n) is 7.98. The van der Waals surface area contributed by atoms with E-state index in [4.69, 9.17) is 4.74 Å². The molecule has 1 heterocycles. The molecule has 0 fully saturated rings. The zero-order valence-electron chi connectivity index (χ0n) is 14.2. The number of para-hydroxylation sites is 1. The molecule has 6 nitrogen and oxygen atoms in total. The van der Waals surface area contributed by atoms with Crippen LogP contribution < -0.4 is 14.8 Å². The van der Waals surface area contributed by atoms with Crippen molar-refractivity contribution < 1.29 is 17.9 Å². The highest BCUT2D eigenvalue weighted by molar-refractivity contribution is 7.89. The van der Waals surface area contributed by atoms with Gasteiger partial charge in [-0.05, 0) is 44.3 Å². The molecule has 1 aliphatic heterocycles. The van der Waals surface area contributed by atoms with Crippen molar-refractivity contribution in [3.8, 4) is 5.75 Å². The number of nitrogens with one attached hydrogen (secondary N) is 2. The fourth-order valence-electron chi connectivity index (χ4n) is 2.80. The van der Waals surface area contributed by atoms with E-state index in [0.29, 0.717) is 17.0 Å². The first-order chi connectivity index (χ1) is 11.8. The molecule has 2 atom stereocenters. The molecule has 3 rings (SSSR count). The van der Waals surface area contributed by atoms with Gasteiger partial charge in [0.15, 0.2) is 0 Å². The van der Waals surface area contributed by atoms with Crippen LogP contribution in [0, 0.1) is 0 Å². The predicted molar refractivity (Wildman–Crippen MR) is 95.6 cm³/mol. The molecule has 25 heavy (non-hydrogen) atoms. The van der Waals surface area contributed by atoms with Crippen molar-refractivity contribution in [2.45, 2.75) is 30.8 Å². The predicted octanol–water partition coefficient (Wildman–Crippen LogP) is 2.73. The number of benzene rings is 2. The quantitative estimate of drug-likeness (QED) is 0.878. The van der Waals surface area contributed by atoms with Gasteiger partial charge in [0.2, 0.25) is 10.0 Å². The minimum absolute atomic E-state index is 0.0231. The van der Waals surface area contributed by atoms with E-state index in [-0.39, 0.29) is 22.8 Å². The first kappa shape index (κ1) is 17.4. The monoisotopic (exact) mass is 360 g/mol. The van der Waals surface area contributed by atoms with E-state index in [1.165, 1.54) is 19.2 Å². The summed E-state index contributed by atoms with van der Waals surface area (Å²) in [7, 11) is -2.15. The maximum Gasteiger partial charge on any atom is 0.259 e. The van der Waals surface area contributed by atoms with E-state index >= 15 is 0 Å². The molecular formula is C18H20N2O4S. The molecule has 0 saturated carbocycles. The van der Waals surface area contributed by atoms with E-state index in [1.807, 2.05) is 19.1 Å². The molecule has 2 unspecified atom stereocenters.